The van der Waals surface area contributed by atoms with Crippen LogP contribution in [0, 0.1) is 0 Å². The summed E-state index contributed by atoms with van der Waals surface area (Å²) in [6.45, 7) is 0.278. The minimum Gasteiger partial charge on any atom is -0.504 e. The normalized spacial score (nSPS) is 10.8. The number of hydrogen-bond acceptors (Lipinski definition) is 4. The molecule has 0 spiro atoms. The second-order valence-electron chi connectivity index (χ2n) is 4.34. The van der Waals surface area contributed by atoms with Gasteiger partial charge in [0.2, 0.25) is 0 Å². The van der Waals surface area contributed by atoms with Crippen molar-refractivity contribution in [3.63, 3.8) is 0 Å². The number of aromatic nitrogens is 3. The minimum absolute atomic E-state index is 0.127. The van der Waals surface area contributed by atoms with Crippen molar-refractivity contribution in [2.45, 2.75) is 6.61 Å². The summed E-state index contributed by atoms with van der Waals surface area (Å²) in [5.74, 6) is 0.576. The topological polar surface area (TPSA) is 60.2 Å². The highest BCUT2D eigenvalue weighted by molar-refractivity contribution is 5.85. The Morgan fingerprint density at radius 1 is 1.21 bits per heavy atom. The monoisotopic (exact) mass is 255 g/mol. The van der Waals surface area contributed by atoms with Crippen LogP contribution in [-0.2, 0) is 13.7 Å². The Labute approximate surface area is 110 Å². The van der Waals surface area contributed by atoms with Gasteiger partial charge in [0.25, 0.3) is 0 Å². The van der Waals surface area contributed by atoms with Gasteiger partial charge in [-0.15, -0.1) is 5.10 Å². The number of phenols is 1. The molecule has 5 heteroatoms. The molecule has 0 fully saturated rings. The molecule has 0 atom stereocenters. The number of benzene rings is 2. The predicted molar refractivity (Wildman–Crippen MR) is 70.9 cm³/mol. The number of aryl methyl sites for hydroxylation is 1. The highest BCUT2D eigenvalue weighted by atomic mass is 16.5. The molecule has 0 bridgehead atoms. The van der Waals surface area contributed by atoms with E-state index in [1.165, 1.54) is 0 Å². The molecular weight excluding hydrogens is 242 g/mol. The zero-order valence-corrected chi connectivity index (χ0v) is 10.4. The van der Waals surface area contributed by atoms with E-state index < -0.39 is 0 Å². The molecule has 0 aliphatic carbocycles. The van der Waals surface area contributed by atoms with Gasteiger partial charge in [-0.05, 0) is 22.9 Å². The van der Waals surface area contributed by atoms with E-state index in [9.17, 15) is 5.11 Å². The summed E-state index contributed by atoms with van der Waals surface area (Å²) in [5, 5.41) is 19.7. The van der Waals surface area contributed by atoms with Crippen molar-refractivity contribution in [1.29, 1.82) is 0 Å². The van der Waals surface area contributed by atoms with Gasteiger partial charge in [-0.25, -0.2) is 0 Å². The van der Waals surface area contributed by atoms with Crippen LogP contribution in [-0.4, -0.2) is 20.1 Å². The summed E-state index contributed by atoms with van der Waals surface area (Å²) in [4.78, 5) is 0. The summed E-state index contributed by atoms with van der Waals surface area (Å²) in [5.41, 5.74) is 0.718. The molecule has 0 amide bonds. The summed E-state index contributed by atoms with van der Waals surface area (Å²) in [7, 11) is 1.80. The number of nitrogens with zero attached hydrogens (tertiary/aromatic N) is 3. The van der Waals surface area contributed by atoms with Crippen LogP contribution in [0.25, 0.3) is 10.8 Å². The van der Waals surface area contributed by atoms with Crippen molar-refractivity contribution in [1.82, 2.24) is 15.0 Å². The third kappa shape index (κ3) is 2.35. The van der Waals surface area contributed by atoms with Crippen molar-refractivity contribution < 1.29 is 9.84 Å². The predicted octanol–water partition coefficient (Wildman–Crippen LogP) is 2.25. The molecule has 0 saturated heterocycles. The molecule has 1 N–H and O–H groups in total. The highest BCUT2D eigenvalue weighted by Gasteiger charge is 2.06. The Balaban J connectivity index is 1.86. The first-order chi connectivity index (χ1) is 9.22. The van der Waals surface area contributed by atoms with Gasteiger partial charge in [0.1, 0.15) is 12.3 Å². The van der Waals surface area contributed by atoms with Crippen LogP contribution >= 0.6 is 0 Å². The Morgan fingerprint density at radius 2 is 1.95 bits per heavy atom. The summed E-state index contributed by atoms with van der Waals surface area (Å²) in [6.07, 6.45) is 1.78. The molecule has 3 aromatic rings. The molecule has 3 rings (SSSR count). The molecule has 1 heterocycles. The van der Waals surface area contributed by atoms with Crippen LogP contribution in [0.2, 0.25) is 0 Å². The molecule has 19 heavy (non-hydrogen) atoms. The van der Waals surface area contributed by atoms with E-state index in [-0.39, 0.29) is 12.4 Å². The van der Waals surface area contributed by atoms with Crippen molar-refractivity contribution in [2.75, 3.05) is 0 Å². The lowest BCUT2D eigenvalue weighted by atomic mass is 10.1. The summed E-state index contributed by atoms with van der Waals surface area (Å²) in [6, 6.07) is 11.3. The van der Waals surface area contributed by atoms with Crippen LogP contribution < -0.4 is 4.74 Å². The standard InChI is InChI=1S/C14H13N3O2/c1-17-8-12(15-16-17)9-19-14-7-11-5-3-2-4-10(11)6-13(14)18/h2-8,18H,9H2,1H3. The summed E-state index contributed by atoms with van der Waals surface area (Å²) < 4.78 is 7.19. The van der Waals surface area contributed by atoms with E-state index in [2.05, 4.69) is 10.3 Å². The maximum absolute atomic E-state index is 9.93. The first-order valence-corrected chi connectivity index (χ1v) is 5.92. The SMILES string of the molecule is Cn1cc(COc2cc3ccccc3cc2O)nn1. The lowest BCUT2D eigenvalue weighted by molar-refractivity contribution is 0.285. The zero-order chi connectivity index (χ0) is 13.2. The smallest absolute Gasteiger partial charge is 0.162 e. The number of ether oxygens (including phenoxy) is 1. The Bertz CT molecular complexity index is 722. The van der Waals surface area contributed by atoms with Crippen LogP contribution in [0.4, 0.5) is 0 Å². The lowest BCUT2D eigenvalue weighted by Crippen LogP contribution is -1.96. The van der Waals surface area contributed by atoms with E-state index in [0.717, 1.165) is 16.5 Å². The van der Waals surface area contributed by atoms with E-state index in [4.69, 9.17) is 4.74 Å². The fourth-order valence-corrected chi connectivity index (χ4v) is 1.94. The molecule has 0 saturated carbocycles. The fourth-order valence-electron chi connectivity index (χ4n) is 1.94. The Morgan fingerprint density at radius 3 is 2.63 bits per heavy atom. The molecule has 0 aliphatic rings. The average Bonchev–Trinajstić information content (AvgIpc) is 2.82. The van der Waals surface area contributed by atoms with Crippen LogP contribution in [0.15, 0.2) is 42.6 Å². The van der Waals surface area contributed by atoms with Crippen LogP contribution in [0.5, 0.6) is 11.5 Å². The van der Waals surface area contributed by atoms with Crippen molar-refractivity contribution in [3.8, 4) is 11.5 Å². The number of phenolic OH excluding ortho intramolecular Hbond substituents is 1. The van der Waals surface area contributed by atoms with Gasteiger partial charge in [-0.3, -0.25) is 4.68 Å². The van der Waals surface area contributed by atoms with Gasteiger partial charge in [-0.2, -0.15) is 0 Å². The second kappa shape index (κ2) is 4.61. The van der Waals surface area contributed by atoms with Crippen molar-refractivity contribution in [2.24, 2.45) is 7.05 Å². The third-order valence-electron chi connectivity index (χ3n) is 2.85. The van der Waals surface area contributed by atoms with Crippen LogP contribution in [0.1, 0.15) is 5.69 Å². The molecule has 2 aromatic carbocycles. The van der Waals surface area contributed by atoms with Crippen molar-refractivity contribution in [3.05, 3.63) is 48.3 Å². The largest absolute Gasteiger partial charge is 0.504 e. The van der Waals surface area contributed by atoms with E-state index in [1.54, 1.807) is 24.0 Å². The molecule has 0 radical (unpaired) electrons. The summed E-state index contributed by atoms with van der Waals surface area (Å²) >= 11 is 0. The quantitative estimate of drug-likeness (QED) is 0.779. The highest BCUT2D eigenvalue weighted by Crippen LogP contribution is 2.31. The molecule has 0 aliphatic heterocycles. The molecule has 5 nitrogen and oxygen atoms in total. The Hall–Kier alpha value is -2.56. The van der Waals surface area contributed by atoms with E-state index in [0.29, 0.717) is 5.75 Å². The van der Waals surface area contributed by atoms with Crippen molar-refractivity contribution >= 4 is 10.8 Å². The van der Waals surface area contributed by atoms with Gasteiger partial charge in [-0.1, -0.05) is 29.5 Å². The number of aromatic hydroxyl groups is 1. The van der Waals surface area contributed by atoms with Crippen LogP contribution in [0.3, 0.4) is 0 Å². The van der Waals surface area contributed by atoms with Gasteiger partial charge < -0.3 is 9.84 Å². The van der Waals surface area contributed by atoms with Gasteiger partial charge in [0.15, 0.2) is 11.5 Å². The molecular formula is C14H13N3O2. The lowest BCUT2D eigenvalue weighted by Gasteiger charge is -2.08. The maximum Gasteiger partial charge on any atom is 0.162 e. The molecule has 0 unspecified atom stereocenters. The van der Waals surface area contributed by atoms with E-state index in [1.807, 2.05) is 30.3 Å². The van der Waals surface area contributed by atoms with Gasteiger partial charge >= 0.3 is 0 Å². The number of rotatable bonds is 3. The number of fused-ring (bicyclic) bond motifs is 1. The zero-order valence-electron chi connectivity index (χ0n) is 10.4. The molecule has 1 aromatic heterocycles. The fraction of sp³-hybridized carbons (Fsp3) is 0.143. The first kappa shape index (κ1) is 11.5. The average molecular weight is 255 g/mol. The van der Waals surface area contributed by atoms with Gasteiger partial charge in [0.05, 0.1) is 6.20 Å². The molecule has 96 valence electrons. The number of hydrogen-bond donors (Lipinski definition) is 1. The van der Waals surface area contributed by atoms with Gasteiger partial charge in [0, 0.05) is 7.05 Å². The maximum atomic E-state index is 9.93. The minimum atomic E-state index is 0.127. The Kier molecular flexibility index (Phi) is 2.79. The van der Waals surface area contributed by atoms with E-state index >= 15 is 0 Å². The third-order valence-corrected chi connectivity index (χ3v) is 2.85. The second-order valence-corrected chi connectivity index (χ2v) is 4.34. The first-order valence-electron chi connectivity index (χ1n) is 5.92.